The van der Waals surface area contributed by atoms with E-state index in [1.807, 2.05) is 0 Å². The average molecular weight is 497 g/mol. The van der Waals surface area contributed by atoms with Gasteiger partial charge >= 0.3 is 0 Å². The highest BCUT2D eigenvalue weighted by Crippen LogP contribution is 2.38. The molecule has 0 unspecified atom stereocenters. The van der Waals surface area contributed by atoms with E-state index in [4.69, 9.17) is 14.2 Å². The maximum Gasteiger partial charge on any atom is 0.164 e. The molecular formula is C31H48N2O3. The first-order valence-electron chi connectivity index (χ1n) is 13.9. The molecule has 5 heteroatoms. The van der Waals surface area contributed by atoms with Crippen LogP contribution in [-0.4, -0.2) is 58.5 Å². The Bertz CT molecular complexity index is 930. The Morgan fingerprint density at radius 3 is 2.39 bits per heavy atom. The van der Waals surface area contributed by atoms with Gasteiger partial charge in [0, 0.05) is 11.6 Å². The van der Waals surface area contributed by atoms with Crippen molar-refractivity contribution in [3.63, 3.8) is 0 Å². The van der Waals surface area contributed by atoms with Crippen LogP contribution in [0, 0.1) is 6.92 Å². The molecule has 0 radical (unpaired) electrons. The van der Waals surface area contributed by atoms with Gasteiger partial charge in [-0.05, 0) is 107 Å². The lowest BCUT2D eigenvalue weighted by atomic mass is 9.86. The highest BCUT2D eigenvalue weighted by molar-refractivity contribution is 5.52. The summed E-state index contributed by atoms with van der Waals surface area (Å²) in [4.78, 5) is 2.74. The van der Waals surface area contributed by atoms with Gasteiger partial charge < -0.3 is 24.4 Å². The minimum atomic E-state index is 0.638. The van der Waals surface area contributed by atoms with Gasteiger partial charge in [-0.15, -0.1) is 0 Å². The smallest absolute Gasteiger partial charge is 0.164 e. The lowest BCUT2D eigenvalue weighted by molar-refractivity contribution is 0.175. The van der Waals surface area contributed by atoms with Crippen molar-refractivity contribution in [3.8, 4) is 17.2 Å². The molecule has 36 heavy (non-hydrogen) atoms. The molecule has 0 saturated heterocycles. The van der Waals surface area contributed by atoms with Gasteiger partial charge in [-0.1, -0.05) is 38.0 Å². The second-order valence-electron chi connectivity index (χ2n) is 10.1. The predicted octanol–water partition coefficient (Wildman–Crippen LogP) is 5.98. The first-order valence-corrected chi connectivity index (χ1v) is 13.9. The van der Waals surface area contributed by atoms with Crippen LogP contribution >= 0.6 is 0 Å². The Hall–Kier alpha value is -2.24. The molecule has 3 rings (SSSR count). The molecule has 0 aliphatic heterocycles. The Kier molecular flexibility index (Phi) is 11.9. The van der Waals surface area contributed by atoms with Crippen molar-refractivity contribution >= 4 is 0 Å². The molecule has 0 spiro atoms. The van der Waals surface area contributed by atoms with E-state index >= 15 is 0 Å². The van der Waals surface area contributed by atoms with E-state index in [9.17, 15) is 0 Å². The number of fused-ring (bicyclic) bond motifs is 1. The van der Waals surface area contributed by atoms with E-state index in [1.165, 1.54) is 73.9 Å². The van der Waals surface area contributed by atoms with Crippen molar-refractivity contribution in [1.82, 2.24) is 10.2 Å². The Morgan fingerprint density at radius 2 is 1.67 bits per heavy atom. The largest absolute Gasteiger partial charge is 0.496 e. The van der Waals surface area contributed by atoms with Crippen LogP contribution in [0.5, 0.6) is 17.2 Å². The lowest BCUT2D eigenvalue weighted by Crippen LogP contribution is -2.40. The zero-order chi connectivity index (χ0) is 25.8. The summed E-state index contributed by atoms with van der Waals surface area (Å²) < 4.78 is 16.6. The number of hydrogen-bond donors (Lipinski definition) is 1. The molecule has 1 atom stereocenters. The van der Waals surface area contributed by atoms with Crippen molar-refractivity contribution in [2.24, 2.45) is 0 Å². The van der Waals surface area contributed by atoms with Crippen molar-refractivity contribution in [2.75, 3.05) is 47.5 Å². The third kappa shape index (κ3) is 7.88. The van der Waals surface area contributed by atoms with Gasteiger partial charge in [0.25, 0.3) is 0 Å². The fourth-order valence-electron chi connectivity index (χ4n) is 5.61. The fraction of sp³-hybridized carbons (Fsp3) is 0.613. The maximum absolute atomic E-state index is 5.69. The molecule has 200 valence electrons. The van der Waals surface area contributed by atoms with Gasteiger partial charge in [0.2, 0.25) is 0 Å². The zero-order valence-electron chi connectivity index (χ0n) is 23.3. The molecule has 1 aliphatic carbocycles. The van der Waals surface area contributed by atoms with Crippen molar-refractivity contribution in [2.45, 2.75) is 77.7 Å². The molecular weight excluding hydrogens is 448 g/mol. The minimum Gasteiger partial charge on any atom is -0.496 e. The number of benzene rings is 2. The molecule has 1 aliphatic rings. The van der Waals surface area contributed by atoms with E-state index in [1.54, 1.807) is 21.3 Å². The Labute approximate surface area is 219 Å². The van der Waals surface area contributed by atoms with E-state index in [0.29, 0.717) is 6.04 Å². The molecule has 0 aromatic heterocycles. The second kappa shape index (κ2) is 15.1. The summed E-state index contributed by atoms with van der Waals surface area (Å²) in [6.07, 6.45) is 10.8. The molecule has 0 heterocycles. The van der Waals surface area contributed by atoms with Gasteiger partial charge in [-0.25, -0.2) is 0 Å². The van der Waals surface area contributed by atoms with Crippen LogP contribution in [0.25, 0.3) is 0 Å². The first-order chi connectivity index (χ1) is 17.6. The van der Waals surface area contributed by atoms with E-state index < -0.39 is 0 Å². The van der Waals surface area contributed by atoms with Crippen LogP contribution in [0.15, 0.2) is 30.3 Å². The summed E-state index contributed by atoms with van der Waals surface area (Å²) in [7, 11) is 5.21. The molecule has 0 saturated carbocycles. The third-order valence-corrected chi connectivity index (χ3v) is 7.55. The van der Waals surface area contributed by atoms with E-state index in [2.05, 4.69) is 54.4 Å². The quantitative estimate of drug-likeness (QED) is 0.290. The topological polar surface area (TPSA) is 43.0 Å². The maximum atomic E-state index is 5.69. The minimum absolute atomic E-state index is 0.638. The highest BCUT2D eigenvalue weighted by Gasteiger charge is 2.27. The van der Waals surface area contributed by atoms with E-state index in [0.717, 1.165) is 49.6 Å². The number of unbranched alkanes of at least 4 members (excludes halogenated alkanes) is 3. The van der Waals surface area contributed by atoms with Crippen molar-refractivity contribution in [1.29, 1.82) is 0 Å². The van der Waals surface area contributed by atoms with E-state index in [-0.39, 0.29) is 0 Å². The van der Waals surface area contributed by atoms with Crippen LogP contribution in [0.4, 0.5) is 0 Å². The standard InChI is InChI=1S/C31H48N2O3/c1-6-20-33(27-13-14-28-26(23-27)12-16-30(35-4)31(28)36-5)21-10-8-7-9-18-32-19-17-25-11-15-29(34-3)24(2)22-25/h11-12,15-16,22,27,32H,6-10,13-14,17-21,23H2,1-5H3/t27-/m0/s1. The third-order valence-electron chi connectivity index (χ3n) is 7.55. The summed E-state index contributed by atoms with van der Waals surface area (Å²) in [5.74, 6) is 2.76. The van der Waals surface area contributed by atoms with Crippen LogP contribution in [0.2, 0.25) is 0 Å². The predicted molar refractivity (Wildman–Crippen MR) is 150 cm³/mol. The van der Waals surface area contributed by atoms with Gasteiger partial charge in [0.15, 0.2) is 11.5 Å². The molecule has 2 aromatic carbocycles. The summed E-state index contributed by atoms with van der Waals surface area (Å²) in [6, 6.07) is 11.4. The summed E-state index contributed by atoms with van der Waals surface area (Å²) in [6.45, 7) is 8.97. The van der Waals surface area contributed by atoms with Gasteiger partial charge in [-0.3, -0.25) is 0 Å². The summed E-state index contributed by atoms with van der Waals surface area (Å²) in [5, 5.41) is 3.62. The SMILES string of the molecule is CCCN(CCCCCCNCCc1ccc(OC)c(C)c1)[C@H]1CCc2c(ccc(OC)c2OC)C1. The summed E-state index contributed by atoms with van der Waals surface area (Å²) in [5.41, 5.74) is 5.37. The monoisotopic (exact) mass is 496 g/mol. The summed E-state index contributed by atoms with van der Waals surface area (Å²) >= 11 is 0. The number of methoxy groups -OCH3 is 3. The van der Waals surface area contributed by atoms with Crippen LogP contribution < -0.4 is 19.5 Å². The van der Waals surface area contributed by atoms with Gasteiger partial charge in [0.05, 0.1) is 21.3 Å². The molecule has 5 nitrogen and oxygen atoms in total. The molecule has 0 bridgehead atoms. The highest BCUT2D eigenvalue weighted by atomic mass is 16.5. The number of hydrogen-bond acceptors (Lipinski definition) is 5. The van der Waals surface area contributed by atoms with Crippen LogP contribution in [0.3, 0.4) is 0 Å². The van der Waals surface area contributed by atoms with Crippen LogP contribution in [0.1, 0.15) is 67.7 Å². The first kappa shape index (κ1) is 28.3. The second-order valence-corrected chi connectivity index (χ2v) is 10.1. The van der Waals surface area contributed by atoms with Crippen molar-refractivity contribution in [3.05, 3.63) is 52.6 Å². The average Bonchev–Trinajstić information content (AvgIpc) is 2.90. The zero-order valence-corrected chi connectivity index (χ0v) is 23.3. The van der Waals surface area contributed by atoms with Crippen LogP contribution in [-0.2, 0) is 19.3 Å². The normalized spacial score (nSPS) is 15.1. The molecule has 0 amide bonds. The number of ether oxygens (including phenoxy) is 3. The Balaban J connectivity index is 1.33. The number of nitrogens with zero attached hydrogens (tertiary/aromatic N) is 1. The fourth-order valence-corrected chi connectivity index (χ4v) is 5.61. The number of nitrogens with one attached hydrogen (secondary N) is 1. The van der Waals surface area contributed by atoms with Gasteiger partial charge in [-0.2, -0.15) is 0 Å². The lowest BCUT2D eigenvalue weighted by Gasteiger charge is -2.36. The number of aryl methyl sites for hydroxylation is 1. The molecule has 0 fully saturated rings. The van der Waals surface area contributed by atoms with Gasteiger partial charge in [0.1, 0.15) is 5.75 Å². The molecule has 1 N–H and O–H groups in total. The molecule has 2 aromatic rings. The Morgan fingerprint density at radius 1 is 0.889 bits per heavy atom. The number of rotatable bonds is 16. The van der Waals surface area contributed by atoms with Crippen molar-refractivity contribution < 1.29 is 14.2 Å².